The summed E-state index contributed by atoms with van der Waals surface area (Å²) in [5.41, 5.74) is -0.0881. The van der Waals surface area contributed by atoms with Crippen LogP contribution < -0.4 is 16.0 Å². The number of carbonyl (C=O) groups excluding carboxylic acids is 13. The van der Waals surface area contributed by atoms with Crippen LogP contribution in [0.2, 0.25) is 0 Å². The number of rotatable bonds is 58. The Balaban J connectivity index is 0.000000496. The number of esters is 2. The van der Waals surface area contributed by atoms with E-state index in [0.29, 0.717) is 100 Å². The Hall–Kier alpha value is -10.5. The normalized spacial score (nSPS) is 15.4. The summed E-state index contributed by atoms with van der Waals surface area (Å²) in [4.78, 5) is 220. The molecule has 0 spiro atoms. The number of nitrogens with zero attached hydrogens (tertiary/aromatic N) is 7. The number of hydrogen-bond acceptors (Lipinski definition) is 23. The first-order valence-corrected chi connectivity index (χ1v) is 49.5. The van der Waals surface area contributed by atoms with Gasteiger partial charge in [-0.25, -0.2) is 9.97 Å². The van der Waals surface area contributed by atoms with Crippen LogP contribution in [0, 0.1) is 58.2 Å². The lowest BCUT2D eigenvalue weighted by Gasteiger charge is -2.39. The summed E-state index contributed by atoms with van der Waals surface area (Å²) < 4.78 is 11.7. The minimum absolute atomic E-state index is 0.0163. The fourth-order valence-corrected chi connectivity index (χ4v) is 18.7. The molecule has 4 aromatic rings. The number of benzene rings is 2. The summed E-state index contributed by atoms with van der Waals surface area (Å²) in [7, 11) is 3.40. The molecular weight excluding hydrogens is 1770 g/mol. The van der Waals surface area contributed by atoms with Gasteiger partial charge in [0.1, 0.15) is 21.4 Å². The number of likely N-dealkylation sites (N-methyl/N-ethyl adjacent to an activating group) is 2. The Morgan fingerprint density at radius 2 is 0.852 bits per heavy atom. The van der Waals surface area contributed by atoms with E-state index in [-0.39, 0.29) is 170 Å². The second-order valence-electron chi connectivity index (χ2n) is 38.4. The first-order chi connectivity index (χ1) is 63.5. The Morgan fingerprint density at radius 1 is 0.489 bits per heavy atom. The monoisotopic (exact) mass is 1920 g/mol. The molecule has 748 valence electrons. The third kappa shape index (κ3) is 37.8. The number of ether oxygens (including phenoxy) is 2. The van der Waals surface area contributed by atoms with E-state index in [0.717, 1.165) is 28.9 Å². The number of ketones is 2. The van der Waals surface area contributed by atoms with Gasteiger partial charge >= 0.3 is 29.8 Å². The number of nitrogens with one attached hydrogen (secondary N) is 3. The summed E-state index contributed by atoms with van der Waals surface area (Å²) in [6.07, 6.45) is 11.6. The summed E-state index contributed by atoms with van der Waals surface area (Å²) >= 11 is 2.36. The molecule has 2 aromatic heterocycles. The van der Waals surface area contributed by atoms with Gasteiger partial charge < -0.3 is 55.4 Å². The molecule has 31 nitrogen and oxygen atoms in total. The van der Waals surface area contributed by atoms with Crippen molar-refractivity contribution in [2.75, 3.05) is 40.3 Å². The van der Waals surface area contributed by atoms with Crippen LogP contribution in [0.15, 0.2) is 95.7 Å². The quantitative estimate of drug-likeness (QED) is 0.0136. The van der Waals surface area contributed by atoms with Crippen molar-refractivity contribution in [3.63, 3.8) is 0 Å². The number of imide groups is 2. The number of hydrogen-bond donors (Lipinski definition) is 6. The molecule has 135 heavy (non-hydrogen) atoms. The first-order valence-electron chi connectivity index (χ1n) is 47.8. The number of thiazole rings is 2. The predicted molar refractivity (Wildman–Crippen MR) is 519 cm³/mol. The van der Waals surface area contributed by atoms with Gasteiger partial charge in [-0.1, -0.05) is 183 Å². The highest BCUT2D eigenvalue weighted by atomic mass is 32.1. The molecular formula is C102H152N10O21S2. The van der Waals surface area contributed by atoms with Crippen LogP contribution in [0.4, 0.5) is 0 Å². The standard InChI is InChI=1S/C51H75N5O10S.C41H64N4O7S.C10H13NO4/c1-12-25-55(49(63)38(34(7)13-2)28-41(58)46(33(5)6)54(11)43(59)22-18-15-19-26-56-44(60)23-24-45(56)61)40(32(3)4)29-42(66-35(8)57)48-53-39(31-67-48)47(62)52-37(30-51(9,10)50(64)65)27-36-20-16-14-17-21-36;1-12-19-45(39(49)31(27(7)13-2)21-34(47)36(42-11)26(5)6)33(25(3)4)22-35(52-28(8)46)38-44-32(24-53-38)37(48)43-30(23-41(9,10)40(50)51)20-29-17-15-14-16-18-29;12-8-5-6-9(13)11(8)7-3-1-2-4-10(14)15/h14,16-17,20-21,23-24,31-34,37-38,40,42,46H,12-13,15,18-19,22,25-30H2,1-11H3,(H,52,62)(H,64,65);14-18,24-27,30-31,33,35-36,42H,12-13,19-23H2,1-11H3,(H,43,48)(H,50,51);5-6H,1-4,7H2,(H,14,15)/t34-,37-,38-,40+,42+,46+;27-,30-,31-,33+,35+,36+;/m00./s1. The van der Waals surface area contributed by atoms with E-state index in [1.54, 1.807) is 52.6 Å². The Morgan fingerprint density at radius 3 is 1.16 bits per heavy atom. The molecule has 6 rings (SSSR count). The zero-order valence-electron chi connectivity index (χ0n) is 83.6. The van der Waals surface area contributed by atoms with E-state index in [2.05, 4.69) is 25.9 Å². The van der Waals surface area contributed by atoms with Crippen molar-refractivity contribution >= 4 is 117 Å². The largest absolute Gasteiger partial charge is 0.481 e. The van der Waals surface area contributed by atoms with Crippen LogP contribution in [0.5, 0.6) is 0 Å². The lowest BCUT2D eigenvalue weighted by molar-refractivity contribution is -0.151. The van der Waals surface area contributed by atoms with Gasteiger partial charge in [0.15, 0.2) is 23.8 Å². The number of unbranched alkanes of at least 4 members (excludes halogenated alkanes) is 4. The Bertz CT molecular complexity index is 4600. The first kappa shape index (κ1) is 117. The predicted octanol–water partition coefficient (Wildman–Crippen LogP) is 15.5. The molecule has 0 bridgehead atoms. The van der Waals surface area contributed by atoms with Gasteiger partial charge in [-0.2, -0.15) is 0 Å². The zero-order valence-corrected chi connectivity index (χ0v) is 85.2. The smallest absolute Gasteiger partial charge is 0.309 e. The molecule has 0 unspecified atom stereocenters. The third-order valence-corrected chi connectivity index (χ3v) is 26.9. The number of amides is 9. The lowest BCUT2D eigenvalue weighted by Crippen LogP contribution is -2.50. The summed E-state index contributed by atoms with van der Waals surface area (Å²) in [6, 6.07) is 16.1. The van der Waals surface area contributed by atoms with Crippen molar-refractivity contribution in [2.24, 2.45) is 58.2 Å². The van der Waals surface area contributed by atoms with Crippen LogP contribution in [0.3, 0.4) is 0 Å². The maximum absolute atomic E-state index is 15.0. The SMILES string of the molecule is CCCN(C(=O)[C@@H](CC(=O)[C@@H](C(C)C)N(C)C(=O)CCCCCN1C(=O)C=CC1=O)[C@@H](C)CC)[C@H](C[C@@H](OC(C)=O)c1nc(C(=O)N[C@@H](Cc2ccccc2)CC(C)(C)C(=O)O)cs1)C(C)C.CCCN(C(=O)[C@@H](CC(=O)[C@H](NC)C(C)C)[C@@H](C)CC)[C@H](C[C@@H](OC(C)=O)c1nc(C(=O)N[C@@H](Cc2ccccc2)CC(C)(C)C(=O)O)cs1)C(C)C.O=C(O)CCCCCN1C(=O)C=CC1=O. The highest BCUT2D eigenvalue weighted by Crippen LogP contribution is 2.38. The van der Waals surface area contributed by atoms with Crippen molar-refractivity contribution in [3.8, 4) is 0 Å². The molecule has 2 aromatic carbocycles. The van der Waals surface area contributed by atoms with Crippen molar-refractivity contribution in [3.05, 3.63) is 128 Å². The number of carboxylic acid groups (broad SMARTS) is 3. The molecule has 0 fully saturated rings. The molecule has 0 saturated carbocycles. The van der Waals surface area contributed by atoms with Gasteiger partial charge in [0.05, 0.1) is 22.9 Å². The zero-order chi connectivity index (χ0) is 101. The van der Waals surface area contributed by atoms with Gasteiger partial charge in [-0.3, -0.25) is 86.5 Å². The fourth-order valence-electron chi connectivity index (χ4n) is 17.0. The minimum Gasteiger partial charge on any atom is -0.481 e. The molecule has 12 atom stereocenters. The van der Waals surface area contributed by atoms with Gasteiger partial charge in [0, 0.05) is 157 Å². The third-order valence-electron chi connectivity index (χ3n) is 25.0. The van der Waals surface area contributed by atoms with Crippen LogP contribution in [0.1, 0.15) is 308 Å². The molecule has 0 radical (unpaired) electrons. The number of carbonyl (C=O) groups is 16. The summed E-state index contributed by atoms with van der Waals surface area (Å²) in [6.45, 7) is 38.4. The van der Waals surface area contributed by atoms with E-state index >= 15 is 0 Å². The van der Waals surface area contributed by atoms with E-state index in [9.17, 15) is 86.9 Å². The molecule has 0 saturated heterocycles. The van der Waals surface area contributed by atoms with Crippen LogP contribution in [-0.2, 0) is 89.4 Å². The van der Waals surface area contributed by atoms with Crippen LogP contribution in [-0.4, -0.2) is 221 Å². The molecule has 9 amide bonds. The lowest BCUT2D eigenvalue weighted by atomic mass is 9.82. The van der Waals surface area contributed by atoms with Crippen LogP contribution >= 0.6 is 22.7 Å². The number of aromatic nitrogens is 2. The van der Waals surface area contributed by atoms with Gasteiger partial charge in [0.25, 0.3) is 35.4 Å². The topological polar surface area (TPSA) is 430 Å². The summed E-state index contributed by atoms with van der Waals surface area (Å²) in [5.74, 6) is -8.40. The molecule has 0 aliphatic carbocycles. The minimum atomic E-state index is -1.12. The van der Waals surface area contributed by atoms with Crippen molar-refractivity contribution in [1.82, 2.24) is 50.4 Å². The molecule has 2 aliphatic rings. The van der Waals surface area contributed by atoms with Crippen molar-refractivity contribution in [2.45, 2.75) is 315 Å². The Kier molecular flexibility index (Phi) is 49.7. The molecule has 33 heteroatoms. The highest BCUT2D eigenvalue weighted by Gasteiger charge is 2.43. The maximum Gasteiger partial charge on any atom is 0.309 e. The van der Waals surface area contributed by atoms with E-state index in [1.165, 1.54) is 64.2 Å². The maximum atomic E-state index is 15.0. The van der Waals surface area contributed by atoms with Gasteiger partial charge in [-0.05, 0) is 146 Å². The Labute approximate surface area is 806 Å². The fraction of sp³-hybridized carbons (Fsp3) is 0.627. The van der Waals surface area contributed by atoms with Crippen LogP contribution in [0.25, 0.3) is 0 Å². The second-order valence-corrected chi connectivity index (χ2v) is 40.1. The van der Waals surface area contributed by atoms with Crippen molar-refractivity contribution < 1.29 is 102 Å². The van der Waals surface area contributed by atoms with Crippen molar-refractivity contribution in [1.29, 1.82) is 0 Å². The second kappa shape index (κ2) is 57.5. The van der Waals surface area contributed by atoms with Gasteiger partial charge in [0.2, 0.25) is 17.7 Å². The average molecular weight is 1920 g/mol. The molecule has 4 heterocycles. The van der Waals surface area contributed by atoms with E-state index < -0.39 is 101 Å². The number of Topliss-reactive ketones (excluding diaryl/α,β-unsaturated/α-hetero) is 2. The highest BCUT2D eigenvalue weighted by molar-refractivity contribution is 7.10. The summed E-state index contributed by atoms with van der Waals surface area (Å²) in [5, 5.41) is 41.2. The number of aliphatic carboxylic acids is 3. The molecule has 2 aliphatic heterocycles. The average Bonchev–Trinajstić information content (AvgIpc) is 1.56. The van der Waals surface area contributed by atoms with Gasteiger partial charge in [-0.15, -0.1) is 22.7 Å². The number of carboxylic acids is 3. The van der Waals surface area contributed by atoms with E-state index in [4.69, 9.17) is 14.6 Å². The van der Waals surface area contributed by atoms with E-state index in [1.807, 2.05) is 167 Å². The molecule has 6 N–H and O–H groups in total.